The van der Waals surface area contributed by atoms with Crippen molar-refractivity contribution in [3.05, 3.63) is 57.3 Å². The first kappa shape index (κ1) is 11.9. The van der Waals surface area contributed by atoms with Crippen molar-refractivity contribution in [2.45, 2.75) is 20.4 Å². The largest absolute Gasteiger partial charge is 0.348 e. The topological polar surface area (TPSA) is 29.1 Å². The molecule has 1 aromatic carbocycles. The number of aryl methyl sites for hydroxylation is 2. The van der Waals surface area contributed by atoms with Gasteiger partial charge in [-0.25, -0.2) is 0 Å². The number of carbonyl (C=O) groups is 1. The molecule has 0 bridgehead atoms. The van der Waals surface area contributed by atoms with Crippen molar-refractivity contribution >= 4 is 17.2 Å². The van der Waals surface area contributed by atoms with Gasteiger partial charge in [-0.1, -0.05) is 17.2 Å². The minimum atomic E-state index is -0.0111. The van der Waals surface area contributed by atoms with E-state index in [0.717, 1.165) is 22.3 Å². The molecule has 0 radical (unpaired) electrons. The number of carbonyl (C=O) groups excluding carboxylic acids is 1. The first-order valence-electron chi connectivity index (χ1n) is 5.53. The summed E-state index contributed by atoms with van der Waals surface area (Å²) in [6.07, 6.45) is 0. The van der Waals surface area contributed by atoms with Gasteiger partial charge in [0.05, 0.1) is 0 Å². The van der Waals surface area contributed by atoms with Gasteiger partial charge >= 0.3 is 0 Å². The molecule has 88 valence electrons. The standard InChI is InChI=1S/C14H15NOS/c1-10-5-11(2)7-13(6-10)14(16)15-8-12-3-4-17-9-12/h3-7,9H,8H2,1-2H3,(H,15,16). The van der Waals surface area contributed by atoms with Crippen molar-refractivity contribution in [2.24, 2.45) is 0 Å². The molecule has 0 atom stereocenters. The van der Waals surface area contributed by atoms with Crippen LogP contribution in [0.1, 0.15) is 27.0 Å². The number of hydrogen-bond donors (Lipinski definition) is 1. The Kier molecular flexibility index (Phi) is 3.59. The van der Waals surface area contributed by atoms with Gasteiger partial charge in [-0.2, -0.15) is 11.3 Å². The summed E-state index contributed by atoms with van der Waals surface area (Å²) >= 11 is 1.64. The van der Waals surface area contributed by atoms with Gasteiger partial charge in [-0.3, -0.25) is 4.79 Å². The maximum absolute atomic E-state index is 11.9. The van der Waals surface area contributed by atoms with Crippen LogP contribution in [0.5, 0.6) is 0 Å². The van der Waals surface area contributed by atoms with Crippen LogP contribution in [0.25, 0.3) is 0 Å². The molecule has 1 aromatic heterocycles. The monoisotopic (exact) mass is 245 g/mol. The van der Waals surface area contributed by atoms with Crippen molar-refractivity contribution < 1.29 is 4.79 Å². The maximum Gasteiger partial charge on any atom is 0.251 e. The lowest BCUT2D eigenvalue weighted by molar-refractivity contribution is 0.0951. The third-order valence-corrected chi connectivity index (χ3v) is 3.25. The Labute approximate surface area is 105 Å². The predicted octanol–water partition coefficient (Wildman–Crippen LogP) is 3.29. The molecule has 1 heterocycles. The molecule has 0 fully saturated rings. The molecule has 0 saturated carbocycles. The molecule has 17 heavy (non-hydrogen) atoms. The summed E-state index contributed by atoms with van der Waals surface area (Å²) in [5, 5.41) is 6.98. The van der Waals surface area contributed by atoms with Crippen LogP contribution in [-0.2, 0) is 6.54 Å². The summed E-state index contributed by atoms with van der Waals surface area (Å²) in [5.41, 5.74) is 4.11. The van der Waals surface area contributed by atoms with Crippen LogP contribution in [0.2, 0.25) is 0 Å². The lowest BCUT2D eigenvalue weighted by Crippen LogP contribution is -2.22. The first-order valence-corrected chi connectivity index (χ1v) is 6.47. The molecular formula is C14H15NOS. The third kappa shape index (κ3) is 3.17. The van der Waals surface area contributed by atoms with Crippen molar-refractivity contribution in [1.29, 1.82) is 0 Å². The molecule has 0 aliphatic rings. The van der Waals surface area contributed by atoms with Crippen LogP contribution in [-0.4, -0.2) is 5.91 Å². The number of benzene rings is 1. The van der Waals surface area contributed by atoms with E-state index in [4.69, 9.17) is 0 Å². The van der Waals surface area contributed by atoms with E-state index in [1.54, 1.807) is 11.3 Å². The van der Waals surface area contributed by atoms with Gasteiger partial charge < -0.3 is 5.32 Å². The number of nitrogens with one attached hydrogen (secondary N) is 1. The zero-order valence-electron chi connectivity index (χ0n) is 9.99. The Morgan fingerprint density at radius 2 is 1.94 bits per heavy atom. The highest BCUT2D eigenvalue weighted by Crippen LogP contribution is 2.10. The smallest absolute Gasteiger partial charge is 0.251 e. The summed E-state index contributed by atoms with van der Waals surface area (Å²) in [6, 6.07) is 7.91. The Balaban J connectivity index is 2.04. The molecule has 2 aromatic rings. The van der Waals surface area contributed by atoms with Crippen LogP contribution >= 0.6 is 11.3 Å². The molecule has 0 spiro atoms. The molecule has 0 unspecified atom stereocenters. The summed E-state index contributed by atoms with van der Waals surface area (Å²) in [7, 11) is 0. The number of thiophene rings is 1. The molecule has 2 nitrogen and oxygen atoms in total. The van der Waals surface area contributed by atoms with Gasteiger partial charge in [-0.05, 0) is 48.4 Å². The number of hydrogen-bond acceptors (Lipinski definition) is 2. The van der Waals surface area contributed by atoms with Gasteiger partial charge in [0.25, 0.3) is 5.91 Å². The van der Waals surface area contributed by atoms with Gasteiger partial charge in [0.2, 0.25) is 0 Å². The van der Waals surface area contributed by atoms with E-state index in [1.807, 2.05) is 42.8 Å². The van der Waals surface area contributed by atoms with E-state index in [0.29, 0.717) is 6.54 Å². The Hall–Kier alpha value is -1.61. The van der Waals surface area contributed by atoms with Gasteiger partial charge in [0, 0.05) is 12.1 Å². The average molecular weight is 245 g/mol. The molecule has 0 aliphatic carbocycles. The summed E-state index contributed by atoms with van der Waals surface area (Å²) in [4.78, 5) is 11.9. The normalized spacial score (nSPS) is 10.2. The highest BCUT2D eigenvalue weighted by molar-refractivity contribution is 7.07. The van der Waals surface area contributed by atoms with Crippen LogP contribution < -0.4 is 5.32 Å². The van der Waals surface area contributed by atoms with Crippen molar-refractivity contribution in [3.63, 3.8) is 0 Å². The molecule has 1 N–H and O–H groups in total. The molecule has 3 heteroatoms. The van der Waals surface area contributed by atoms with Gasteiger partial charge in [0.1, 0.15) is 0 Å². The third-order valence-electron chi connectivity index (χ3n) is 2.52. The summed E-state index contributed by atoms with van der Waals surface area (Å²) < 4.78 is 0. The van der Waals surface area contributed by atoms with E-state index in [1.165, 1.54) is 0 Å². The lowest BCUT2D eigenvalue weighted by Gasteiger charge is -2.06. The van der Waals surface area contributed by atoms with E-state index in [2.05, 4.69) is 11.4 Å². The fraction of sp³-hybridized carbons (Fsp3) is 0.214. The molecular weight excluding hydrogens is 230 g/mol. The quantitative estimate of drug-likeness (QED) is 0.883. The molecule has 2 rings (SSSR count). The second kappa shape index (κ2) is 5.15. The predicted molar refractivity (Wildman–Crippen MR) is 71.4 cm³/mol. The zero-order chi connectivity index (χ0) is 12.3. The highest BCUT2D eigenvalue weighted by Gasteiger charge is 2.06. The van der Waals surface area contributed by atoms with Crippen LogP contribution in [0.4, 0.5) is 0 Å². The van der Waals surface area contributed by atoms with Crippen LogP contribution in [0.3, 0.4) is 0 Å². The Morgan fingerprint density at radius 3 is 2.53 bits per heavy atom. The van der Waals surface area contributed by atoms with Crippen LogP contribution in [0, 0.1) is 13.8 Å². The second-order valence-electron chi connectivity index (χ2n) is 4.19. The molecule has 1 amide bonds. The van der Waals surface area contributed by atoms with Crippen LogP contribution in [0.15, 0.2) is 35.0 Å². The number of rotatable bonds is 3. The zero-order valence-corrected chi connectivity index (χ0v) is 10.8. The fourth-order valence-corrected chi connectivity index (χ4v) is 2.45. The van der Waals surface area contributed by atoms with E-state index >= 15 is 0 Å². The second-order valence-corrected chi connectivity index (χ2v) is 4.97. The fourth-order valence-electron chi connectivity index (χ4n) is 1.78. The minimum Gasteiger partial charge on any atom is -0.348 e. The van der Waals surface area contributed by atoms with E-state index in [9.17, 15) is 4.79 Å². The highest BCUT2D eigenvalue weighted by atomic mass is 32.1. The molecule has 0 saturated heterocycles. The van der Waals surface area contributed by atoms with Crippen molar-refractivity contribution in [2.75, 3.05) is 0 Å². The van der Waals surface area contributed by atoms with Gasteiger partial charge in [-0.15, -0.1) is 0 Å². The number of amides is 1. The van der Waals surface area contributed by atoms with E-state index < -0.39 is 0 Å². The molecule has 0 aliphatic heterocycles. The van der Waals surface area contributed by atoms with Crippen molar-refractivity contribution in [3.8, 4) is 0 Å². The Morgan fingerprint density at radius 1 is 1.24 bits per heavy atom. The summed E-state index contributed by atoms with van der Waals surface area (Å²) in [6.45, 7) is 4.60. The SMILES string of the molecule is Cc1cc(C)cc(C(=O)NCc2ccsc2)c1. The first-order chi connectivity index (χ1) is 8.15. The van der Waals surface area contributed by atoms with Gasteiger partial charge in [0.15, 0.2) is 0 Å². The minimum absolute atomic E-state index is 0.0111. The Bertz CT molecular complexity index is 497. The average Bonchev–Trinajstić information content (AvgIpc) is 2.77. The van der Waals surface area contributed by atoms with E-state index in [-0.39, 0.29) is 5.91 Å². The maximum atomic E-state index is 11.9. The lowest BCUT2D eigenvalue weighted by atomic mass is 10.1. The summed E-state index contributed by atoms with van der Waals surface area (Å²) in [5.74, 6) is -0.0111. The van der Waals surface area contributed by atoms with Crippen molar-refractivity contribution in [1.82, 2.24) is 5.32 Å².